The lowest BCUT2D eigenvalue weighted by molar-refractivity contribution is -0.137. The first-order chi connectivity index (χ1) is 11.7. The summed E-state index contributed by atoms with van der Waals surface area (Å²) in [5.41, 5.74) is 1.08. The van der Waals surface area contributed by atoms with Gasteiger partial charge in [0.15, 0.2) is 0 Å². The molecule has 4 rings (SSSR count). The van der Waals surface area contributed by atoms with E-state index >= 15 is 0 Å². The highest BCUT2D eigenvalue weighted by Gasteiger charge is 2.36. The molecule has 4 nitrogen and oxygen atoms in total. The monoisotopic (exact) mass is 343 g/mol. The van der Waals surface area contributed by atoms with Crippen molar-refractivity contribution in [1.29, 1.82) is 0 Å². The molecule has 5 heteroatoms. The predicted octanol–water partition coefficient (Wildman–Crippen LogP) is 3.83. The summed E-state index contributed by atoms with van der Waals surface area (Å²) < 4.78 is 1.24. The Labute approximate surface area is 147 Å². The van der Waals surface area contributed by atoms with Gasteiger partial charge in [0, 0.05) is 13.1 Å². The van der Waals surface area contributed by atoms with Crippen LogP contribution in [-0.4, -0.2) is 46.4 Å². The summed E-state index contributed by atoms with van der Waals surface area (Å²) in [6, 6.07) is 8.59. The molecule has 128 valence electrons. The van der Waals surface area contributed by atoms with E-state index in [2.05, 4.69) is 34.9 Å². The predicted molar refractivity (Wildman–Crippen MR) is 98.2 cm³/mol. The van der Waals surface area contributed by atoms with Crippen LogP contribution in [0.4, 0.5) is 0 Å². The Kier molecular flexibility index (Phi) is 4.55. The molecule has 2 atom stereocenters. The Hall–Kier alpha value is -1.46. The fourth-order valence-electron chi connectivity index (χ4n) is 4.07. The molecule has 0 aliphatic carbocycles. The van der Waals surface area contributed by atoms with Gasteiger partial charge < -0.3 is 4.90 Å². The topological polar surface area (TPSA) is 36.4 Å². The molecule has 2 aliphatic rings. The number of piperidine rings is 1. The van der Waals surface area contributed by atoms with Crippen LogP contribution in [-0.2, 0) is 4.79 Å². The number of fused-ring (bicyclic) bond motifs is 1. The Bertz CT molecular complexity index is 689. The van der Waals surface area contributed by atoms with Crippen molar-refractivity contribution in [3.05, 3.63) is 29.3 Å². The molecule has 0 N–H and O–H groups in total. The van der Waals surface area contributed by atoms with Gasteiger partial charge in [-0.15, -0.1) is 11.3 Å². The third kappa shape index (κ3) is 2.95. The van der Waals surface area contributed by atoms with Crippen LogP contribution in [0.25, 0.3) is 10.2 Å². The first kappa shape index (κ1) is 16.0. The second kappa shape index (κ2) is 6.81. The zero-order valence-electron chi connectivity index (χ0n) is 14.3. The number of aromatic nitrogens is 1. The maximum atomic E-state index is 12.9. The van der Waals surface area contributed by atoms with Gasteiger partial charge >= 0.3 is 0 Å². The lowest BCUT2D eigenvalue weighted by Crippen LogP contribution is -2.48. The van der Waals surface area contributed by atoms with E-state index in [9.17, 15) is 4.79 Å². The zero-order chi connectivity index (χ0) is 16.5. The minimum absolute atomic E-state index is 0.0392. The number of amides is 1. The van der Waals surface area contributed by atoms with Gasteiger partial charge in [0.2, 0.25) is 5.91 Å². The summed E-state index contributed by atoms with van der Waals surface area (Å²) in [6.07, 6.45) is 5.82. The van der Waals surface area contributed by atoms with Crippen molar-refractivity contribution >= 4 is 27.5 Å². The third-order valence-electron chi connectivity index (χ3n) is 5.41. The maximum absolute atomic E-state index is 12.9. The van der Waals surface area contributed by atoms with E-state index < -0.39 is 0 Å². The fourth-order valence-corrected chi connectivity index (χ4v) is 5.19. The van der Waals surface area contributed by atoms with Crippen LogP contribution in [0.15, 0.2) is 24.3 Å². The molecule has 1 amide bonds. The number of nitrogens with zero attached hydrogens (tertiary/aromatic N) is 3. The average Bonchev–Trinajstić information content (AvgIpc) is 3.27. The first-order valence-electron chi connectivity index (χ1n) is 9.14. The van der Waals surface area contributed by atoms with Crippen LogP contribution in [0.3, 0.4) is 0 Å². The second-order valence-electron chi connectivity index (χ2n) is 6.98. The van der Waals surface area contributed by atoms with Crippen LogP contribution >= 0.6 is 11.3 Å². The smallest absolute Gasteiger partial charge is 0.239 e. The Morgan fingerprint density at radius 1 is 1.17 bits per heavy atom. The van der Waals surface area contributed by atoms with Crippen molar-refractivity contribution in [3.8, 4) is 0 Å². The molecule has 3 heterocycles. The number of para-hydroxylation sites is 1. The van der Waals surface area contributed by atoms with E-state index in [4.69, 9.17) is 4.98 Å². The third-order valence-corrected chi connectivity index (χ3v) is 6.55. The number of thiazole rings is 1. The van der Waals surface area contributed by atoms with Gasteiger partial charge in [-0.2, -0.15) is 0 Å². The van der Waals surface area contributed by atoms with Gasteiger partial charge in [0.05, 0.1) is 22.3 Å². The SMILES string of the molecule is CC(C(=O)N1CCCCC1)N1CCCC1c1nc2ccccc2s1. The summed E-state index contributed by atoms with van der Waals surface area (Å²) in [4.78, 5) is 22.2. The summed E-state index contributed by atoms with van der Waals surface area (Å²) in [5.74, 6) is 0.308. The van der Waals surface area contributed by atoms with Crippen molar-refractivity contribution in [1.82, 2.24) is 14.8 Å². The van der Waals surface area contributed by atoms with Crippen LogP contribution in [0.2, 0.25) is 0 Å². The summed E-state index contributed by atoms with van der Waals surface area (Å²) in [6.45, 7) is 4.95. The number of hydrogen-bond donors (Lipinski definition) is 0. The summed E-state index contributed by atoms with van der Waals surface area (Å²) >= 11 is 1.79. The quantitative estimate of drug-likeness (QED) is 0.850. The van der Waals surface area contributed by atoms with E-state index in [1.54, 1.807) is 11.3 Å². The molecule has 1 aromatic heterocycles. The van der Waals surface area contributed by atoms with Crippen LogP contribution in [0.5, 0.6) is 0 Å². The molecule has 2 fully saturated rings. The largest absolute Gasteiger partial charge is 0.341 e. The van der Waals surface area contributed by atoms with Gasteiger partial charge in [-0.3, -0.25) is 9.69 Å². The fraction of sp³-hybridized carbons (Fsp3) is 0.579. The number of benzene rings is 1. The van der Waals surface area contributed by atoms with Gasteiger partial charge in [0.25, 0.3) is 0 Å². The lowest BCUT2D eigenvalue weighted by Gasteiger charge is -2.34. The highest BCUT2D eigenvalue weighted by atomic mass is 32.1. The minimum atomic E-state index is -0.0392. The zero-order valence-corrected chi connectivity index (χ0v) is 15.1. The number of hydrogen-bond acceptors (Lipinski definition) is 4. The molecular formula is C19H25N3OS. The van der Waals surface area contributed by atoms with Gasteiger partial charge in [-0.25, -0.2) is 4.98 Å². The highest BCUT2D eigenvalue weighted by Crippen LogP contribution is 2.37. The molecule has 0 bridgehead atoms. The minimum Gasteiger partial charge on any atom is -0.341 e. The van der Waals surface area contributed by atoms with E-state index in [1.165, 1.54) is 16.1 Å². The Morgan fingerprint density at radius 2 is 1.96 bits per heavy atom. The molecule has 2 unspecified atom stereocenters. The standard InChI is InChI=1S/C19H25N3OS/c1-14(19(23)21-11-5-2-6-12-21)22-13-7-9-16(22)18-20-15-8-3-4-10-17(15)24-18/h3-4,8,10,14,16H,2,5-7,9,11-13H2,1H3. The van der Waals surface area contributed by atoms with Gasteiger partial charge in [-0.05, 0) is 57.7 Å². The molecule has 1 aromatic carbocycles. The van der Waals surface area contributed by atoms with Crippen molar-refractivity contribution in [2.24, 2.45) is 0 Å². The number of carbonyl (C=O) groups is 1. The first-order valence-corrected chi connectivity index (χ1v) is 9.96. The molecule has 0 spiro atoms. The van der Waals surface area contributed by atoms with E-state index in [1.807, 2.05) is 6.07 Å². The molecule has 2 aliphatic heterocycles. The number of rotatable bonds is 3. The van der Waals surface area contributed by atoms with Crippen molar-refractivity contribution in [2.75, 3.05) is 19.6 Å². The maximum Gasteiger partial charge on any atom is 0.239 e. The normalized spacial score (nSPS) is 23.7. The van der Waals surface area contributed by atoms with E-state index in [0.29, 0.717) is 11.9 Å². The van der Waals surface area contributed by atoms with Crippen LogP contribution < -0.4 is 0 Å². The van der Waals surface area contributed by atoms with Gasteiger partial charge in [0.1, 0.15) is 5.01 Å². The van der Waals surface area contributed by atoms with Crippen LogP contribution in [0, 0.1) is 0 Å². The van der Waals surface area contributed by atoms with Gasteiger partial charge in [-0.1, -0.05) is 12.1 Å². The number of likely N-dealkylation sites (tertiary alicyclic amines) is 2. The Balaban J connectivity index is 1.54. The lowest BCUT2D eigenvalue weighted by atomic mass is 10.1. The summed E-state index contributed by atoms with van der Waals surface area (Å²) in [7, 11) is 0. The average molecular weight is 343 g/mol. The molecule has 0 radical (unpaired) electrons. The van der Waals surface area contributed by atoms with E-state index in [-0.39, 0.29) is 6.04 Å². The molecular weight excluding hydrogens is 318 g/mol. The summed E-state index contributed by atoms with van der Waals surface area (Å²) in [5, 5.41) is 1.17. The van der Waals surface area contributed by atoms with Crippen LogP contribution in [0.1, 0.15) is 50.1 Å². The molecule has 0 saturated carbocycles. The van der Waals surface area contributed by atoms with Crippen molar-refractivity contribution in [3.63, 3.8) is 0 Å². The molecule has 2 saturated heterocycles. The molecule has 24 heavy (non-hydrogen) atoms. The Morgan fingerprint density at radius 3 is 2.75 bits per heavy atom. The number of carbonyl (C=O) groups excluding carboxylic acids is 1. The van der Waals surface area contributed by atoms with Crippen molar-refractivity contribution in [2.45, 2.75) is 51.1 Å². The second-order valence-corrected chi connectivity index (χ2v) is 8.04. The van der Waals surface area contributed by atoms with E-state index in [0.717, 1.165) is 50.8 Å². The van der Waals surface area contributed by atoms with Crippen molar-refractivity contribution < 1.29 is 4.79 Å². The highest BCUT2D eigenvalue weighted by molar-refractivity contribution is 7.18. The molecule has 2 aromatic rings.